The molecule has 0 aliphatic carbocycles. The number of benzene rings is 1. The van der Waals surface area contributed by atoms with Gasteiger partial charge in [-0.2, -0.15) is 0 Å². The fourth-order valence-electron chi connectivity index (χ4n) is 1.19. The zero-order valence-electron chi connectivity index (χ0n) is 8.45. The number of rotatable bonds is 2. The summed E-state index contributed by atoms with van der Waals surface area (Å²) in [4.78, 5) is 3.96. The van der Waals surface area contributed by atoms with E-state index in [1.807, 2.05) is 0 Å². The average molecular weight is 273 g/mol. The quantitative estimate of drug-likeness (QED) is 0.847. The maximum absolute atomic E-state index is 13.5. The molecule has 0 saturated heterocycles. The molecule has 0 spiro atoms. The Morgan fingerprint density at radius 1 is 1.24 bits per heavy atom. The largest absolute Gasteiger partial charge is 0.398 e. The first kappa shape index (κ1) is 12.1. The zero-order valence-corrected chi connectivity index (χ0v) is 10.0. The first-order valence-electron chi connectivity index (χ1n) is 4.61. The summed E-state index contributed by atoms with van der Waals surface area (Å²) in [5.41, 5.74) is 5.74. The van der Waals surface area contributed by atoms with E-state index < -0.39 is 11.6 Å². The van der Waals surface area contributed by atoms with Gasteiger partial charge in [-0.05, 0) is 24.3 Å². The second-order valence-electron chi connectivity index (χ2n) is 3.17. The van der Waals surface area contributed by atoms with Crippen LogP contribution < -0.4 is 5.73 Å². The SMILES string of the molecule is Nc1ccc(F)c(F)c1Sc1ncccc1Cl. The molecule has 1 aromatic carbocycles. The monoisotopic (exact) mass is 272 g/mol. The third kappa shape index (κ3) is 2.50. The van der Waals surface area contributed by atoms with Crippen molar-refractivity contribution in [3.8, 4) is 0 Å². The molecule has 2 rings (SSSR count). The molecule has 1 aromatic heterocycles. The standard InChI is InChI=1S/C11H7ClF2N2S/c12-6-2-1-5-16-11(6)17-10-8(15)4-3-7(13)9(10)14/h1-5H,15H2. The van der Waals surface area contributed by atoms with Gasteiger partial charge in [0.25, 0.3) is 0 Å². The van der Waals surface area contributed by atoms with Crippen LogP contribution in [0.1, 0.15) is 0 Å². The van der Waals surface area contributed by atoms with Gasteiger partial charge in [-0.3, -0.25) is 0 Å². The average Bonchev–Trinajstić information content (AvgIpc) is 2.32. The van der Waals surface area contributed by atoms with E-state index in [9.17, 15) is 8.78 Å². The predicted molar refractivity (Wildman–Crippen MR) is 64.1 cm³/mol. The van der Waals surface area contributed by atoms with Crippen LogP contribution >= 0.6 is 23.4 Å². The van der Waals surface area contributed by atoms with E-state index in [4.69, 9.17) is 17.3 Å². The van der Waals surface area contributed by atoms with E-state index in [0.29, 0.717) is 10.0 Å². The van der Waals surface area contributed by atoms with Crippen LogP contribution in [-0.2, 0) is 0 Å². The van der Waals surface area contributed by atoms with Gasteiger partial charge in [0.2, 0.25) is 0 Å². The molecule has 0 aliphatic rings. The Morgan fingerprint density at radius 3 is 2.71 bits per heavy atom. The van der Waals surface area contributed by atoms with Gasteiger partial charge in [-0.25, -0.2) is 13.8 Å². The Hall–Kier alpha value is -1.33. The number of aromatic nitrogens is 1. The van der Waals surface area contributed by atoms with Crippen LogP contribution in [0.2, 0.25) is 5.02 Å². The number of nitrogens with zero attached hydrogens (tertiary/aromatic N) is 1. The van der Waals surface area contributed by atoms with Gasteiger partial charge in [0.05, 0.1) is 9.92 Å². The maximum Gasteiger partial charge on any atom is 0.174 e. The van der Waals surface area contributed by atoms with Crippen molar-refractivity contribution in [2.45, 2.75) is 9.92 Å². The van der Waals surface area contributed by atoms with Gasteiger partial charge >= 0.3 is 0 Å². The molecule has 0 radical (unpaired) electrons. The molecule has 0 amide bonds. The summed E-state index contributed by atoms with van der Waals surface area (Å²) in [6.45, 7) is 0. The van der Waals surface area contributed by atoms with E-state index in [2.05, 4.69) is 4.98 Å². The maximum atomic E-state index is 13.5. The highest BCUT2D eigenvalue weighted by Gasteiger charge is 2.15. The minimum atomic E-state index is -0.989. The summed E-state index contributed by atoms with van der Waals surface area (Å²) < 4.78 is 26.6. The van der Waals surface area contributed by atoms with E-state index in [-0.39, 0.29) is 10.6 Å². The topological polar surface area (TPSA) is 38.9 Å². The van der Waals surface area contributed by atoms with E-state index in [1.54, 1.807) is 12.1 Å². The van der Waals surface area contributed by atoms with Gasteiger partial charge in [-0.15, -0.1) is 0 Å². The van der Waals surface area contributed by atoms with Gasteiger partial charge < -0.3 is 5.73 Å². The minimum absolute atomic E-state index is 0.00870. The number of anilines is 1. The Bertz CT molecular complexity index is 563. The number of hydrogen-bond acceptors (Lipinski definition) is 3. The zero-order chi connectivity index (χ0) is 12.4. The number of pyridine rings is 1. The first-order valence-corrected chi connectivity index (χ1v) is 5.81. The van der Waals surface area contributed by atoms with Crippen LogP contribution in [0.25, 0.3) is 0 Å². The number of nitrogen functional groups attached to an aromatic ring is 1. The van der Waals surface area contributed by atoms with Crippen molar-refractivity contribution in [3.05, 3.63) is 47.1 Å². The lowest BCUT2D eigenvalue weighted by molar-refractivity contribution is 0.492. The van der Waals surface area contributed by atoms with Crippen LogP contribution in [0.3, 0.4) is 0 Å². The lowest BCUT2D eigenvalue weighted by Crippen LogP contribution is -1.95. The summed E-state index contributed by atoms with van der Waals surface area (Å²) in [7, 11) is 0. The molecular weight excluding hydrogens is 266 g/mol. The molecule has 0 saturated carbocycles. The van der Waals surface area contributed by atoms with Crippen molar-refractivity contribution in [1.29, 1.82) is 0 Å². The lowest BCUT2D eigenvalue weighted by Gasteiger charge is -2.07. The van der Waals surface area contributed by atoms with E-state index in [1.165, 1.54) is 12.3 Å². The number of nitrogens with two attached hydrogens (primary N) is 1. The Kier molecular flexibility index (Phi) is 3.49. The molecule has 6 heteroatoms. The molecule has 2 nitrogen and oxygen atoms in total. The summed E-state index contributed by atoms with van der Waals surface area (Å²) in [6.07, 6.45) is 1.52. The third-order valence-electron chi connectivity index (χ3n) is 2.00. The van der Waals surface area contributed by atoms with Gasteiger partial charge in [0.15, 0.2) is 11.6 Å². The van der Waals surface area contributed by atoms with Gasteiger partial charge in [-0.1, -0.05) is 23.4 Å². The Morgan fingerprint density at radius 2 is 2.00 bits per heavy atom. The van der Waals surface area contributed by atoms with Crippen LogP contribution in [0, 0.1) is 11.6 Å². The third-order valence-corrected chi connectivity index (χ3v) is 3.56. The highest BCUT2D eigenvalue weighted by Crippen LogP contribution is 2.36. The van der Waals surface area contributed by atoms with Crippen molar-refractivity contribution in [2.75, 3.05) is 5.73 Å². The second kappa shape index (κ2) is 4.89. The molecule has 0 unspecified atom stereocenters. The second-order valence-corrected chi connectivity index (χ2v) is 4.58. The van der Waals surface area contributed by atoms with Crippen LogP contribution in [0.15, 0.2) is 40.4 Å². The van der Waals surface area contributed by atoms with Crippen LogP contribution in [0.5, 0.6) is 0 Å². The highest BCUT2D eigenvalue weighted by molar-refractivity contribution is 7.99. The van der Waals surface area contributed by atoms with Crippen LogP contribution in [-0.4, -0.2) is 4.98 Å². The van der Waals surface area contributed by atoms with Gasteiger partial charge in [0, 0.05) is 11.9 Å². The predicted octanol–water partition coefficient (Wildman–Crippen LogP) is 3.75. The first-order chi connectivity index (χ1) is 8.09. The van der Waals surface area contributed by atoms with Crippen molar-refractivity contribution in [3.63, 3.8) is 0 Å². The molecule has 1 heterocycles. The molecule has 2 aromatic rings. The highest BCUT2D eigenvalue weighted by atomic mass is 35.5. The summed E-state index contributed by atoms with van der Waals surface area (Å²) in [6, 6.07) is 5.55. The molecule has 0 atom stereocenters. The van der Waals surface area contributed by atoms with Crippen molar-refractivity contribution in [1.82, 2.24) is 4.98 Å². The summed E-state index contributed by atoms with van der Waals surface area (Å²) in [5, 5.41) is 0.742. The summed E-state index contributed by atoms with van der Waals surface area (Å²) in [5.74, 6) is -1.94. The van der Waals surface area contributed by atoms with Crippen molar-refractivity contribution < 1.29 is 8.78 Å². The van der Waals surface area contributed by atoms with Crippen molar-refractivity contribution >= 4 is 29.1 Å². The lowest BCUT2D eigenvalue weighted by atomic mass is 10.3. The van der Waals surface area contributed by atoms with Crippen molar-refractivity contribution in [2.24, 2.45) is 0 Å². The molecule has 2 N–H and O–H groups in total. The fourth-order valence-corrected chi connectivity index (χ4v) is 2.28. The molecule has 17 heavy (non-hydrogen) atoms. The van der Waals surface area contributed by atoms with Crippen LogP contribution in [0.4, 0.5) is 14.5 Å². The minimum Gasteiger partial charge on any atom is -0.398 e. The van der Waals surface area contributed by atoms with E-state index >= 15 is 0 Å². The number of hydrogen-bond donors (Lipinski definition) is 1. The van der Waals surface area contributed by atoms with E-state index in [0.717, 1.165) is 17.8 Å². The van der Waals surface area contributed by atoms with Gasteiger partial charge in [0.1, 0.15) is 5.03 Å². The number of halogens is 3. The molecule has 88 valence electrons. The Balaban J connectivity index is 2.43. The normalized spacial score (nSPS) is 10.5. The molecule has 0 fully saturated rings. The fraction of sp³-hybridized carbons (Fsp3) is 0. The smallest absolute Gasteiger partial charge is 0.174 e. The molecule has 0 aliphatic heterocycles. The molecular formula is C11H7ClF2N2S. The summed E-state index contributed by atoms with van der Waals surface area (Å²) >= 11 is 6.78. The Labute approximate surface area is 106 Å². The molecule has 0 bridgehead atoms.